The third-order valence-corrected chi connectivity index (χ3v) is 8.74. The molecule has 6 N–H and O–H groups in total. The Morgan fingerprint density at radius 1 is 0.119 bits per heavy atom. The second-order valence-corrected chi connectivity index (χ2v) is 13.0. The minimum atomic E-state index is 1.15. The average Bonchev–Trinajstić information content (AvgIpc) is 3.00. The van der Waals surface area contributed by atoms with Crippen LogP contribution in [0.1, 0.15) is 154 Å². The molecule has 0 aromatic rings. The fraction of sp³-hybridized carbons (Fsp3) is 1.00. The molecule has 6 nitrogen and oxygen atoms in total. The van der Waals surface area contributed by atoms with Gasteiger partial charge in [-0.25, -0.2) is 0 Å². The summed E-state index contributed by atoms with van der Waals surface area (Å²) in [6.07, 6.45) is 33.2. The van der Waals surface area contributed by atoms with E-state index in [2.05, 4.69) is 31.9 Å². The molecule has 1 aliphatic rings. The normalized spacial score (nSPS) is 24.0. The first kappa shape index (κ1) is 39.8. The maximum absolute atomic E-state index is 3.64. The first-order chi connectivity index (χ1) is 21.0. The van der Waals surface area contributed by atoms with E-state index in [1.807, 2.05) is 0 Å². The molecule has 1 heterocycles. The van der Waals surface area contributed by atoms with E-state index in [-0.39, 0.29) is 0 Å². The summed E-state index contributed by atoms with van der Waals surface area (Å²) in [7, 11) is 0. The Kier molecular flexibility index (Phi) is 35.0. The van der Waals surface area contributed by atoms with E-state index < -0.39 is 0 Å². The Morgan fingerprint density at radius 2 is 0.238 bits per heavy atom. The summed E-state index contributed by atoms with van der Waals surface area (Å²) >= 11 is 0. The van der Waals surface area contributed by atoms with Crippen LogP contribution >= 0.6 is 0 Å². The highest BCUT2D eigenvalue weighted by Gasteiger charge is 1.97. The maximum atomic E-state index is 3.64. The number of nitrogens with one attached hydrogen (secondary N) is 6. The van der Waals surface area contributed by atoms with Gasteiger partial charge in [0.15, 0.2) is 0 Å². The molecule has 1 fully saturated rings. The third kappa shape index (κ3) is 34.3. The molecule has 0 bridgehead atoms. The van der Waals surface area contributed by atoms with Crippen LogP contribution in [0.3, 0.4) is 0 Å². The quantitative estimate of drug-likeness (QED) is 0.183. The van der Waals surface area contributed by atoms with Gasteiger partial charge in [0, 0.05) is 0 Å². The monoisotopic (exact) mass is 595 g/mol. The third-order valence-electron chi connectivity index (χ3n) is 8.74. The number of rotatable bonds is 0. The highest BCUT2D eigenvalue weighted by molar-refractivity contribution is 4.58. The molecule has 0 spiro atoms. The Morgan fingerprint density at radius 3 is 0.405 bits per heavy atom. The molecule has 1 aliphatic heterocycles. The summed E-state index contributed by atoms with van der Waals surface area (Å²) in [5, 5.41) is 21.8. The molecule has 42 heavy (non-hydrogen) atoms. The van der Waals surface area contributed by atoms with Crippen LogP contribution in [0.4, 0.5) is 0 Å². The Balaban J connectivity index is 2.00. The van der Waals surface area contributed by atoms with Crippen molar-refractivity contribution in [3.05, 3.63) is 0 Å². The molecule has 6 heteroatoms. The molecule has 0 atom stereocenters. The Hall–Kier alpha value is -0.240. The molecule has 0 saturated carbocycles. The first-order valence-electron chi connectivity index (χ1n) is 19.2. The smallest absolute Gasteiger partial charge is 0.00368 e. The van der Waals surface area contributed by atoms with Crippen LogP contribution in [0.15, 0.2) is 0 Å². The predicted molar refractivity (Wildman–Crippen MR) is 188 cm³/mol. The van der Waals surface area contributed by atoms with Crippen molar-refractivity contribution < 1.29 is 0 Å². The van der Waals surface area contributed by atoms with E-state index in [4.69, 9.17) is 0 Å². The van der Waals surface area contributed by atoms with Crippen LogP contribution in [0.2, 0.25) is 0 Å². The molecular formula is C36H78N6. The van der Waals surface area contributed by atoms with Crippen molar-refractivity contribution in [2.75, 3.05) is 78.5 Å². The van der Waals surface area contributed by atoms with Gasteiger partial charge in [-0.2, -0.15) is 0 Å². The molecule has 0 aromatic heterocycles. The molecule has 0 unspecified atom stereocenters. The lowest BCUT2D eigenvalue weighted by molar-refractivity contribution is 0.517. The van der Waals surface area contributed by atoms with E-state index in [0.717, 1.165) is 52.4 Å². The van der Waals surface area contributed by atoms with E-state index in [1.54, 1.807) is 0 Å². The summed E-state index contributed by atoms with van der Waals surface area (Å²) in [6.45, 7) is 14.1. The fourth-order valence-corrected chi connectivity index (χ4v) is 5.93. The zero-order valence-electron chi connectivity index (χ0n) is 28.5. The Labute approximate surface area is 264 Å². The van der Waals surface area contributed by atoms with Crippen molar-refractivity contribution in [3.8, 4) is 0 Å². The van der Waals surface area contributed by atoms with Crippen molar-refractivity contribution >= 4 is 0 Å². The molecule has 0 aliphatic carbocycles. The molecule has 0 radical (unpaired) electrons. The van der Waals surface area contributed by atoms with Gasteiger partial charge in [0.2, 0.25) is 0 Å². The SMILES string of the molecule is C1CCCCCCNCCCNCCCNCCCCCCCCCCCCNCCCNCCCNCCCCC1. The highest BCUT2D eigenvalue weighted by atomic mass is 14.9. The minimum absolute atomic E-state index is 1.15. The van der Waals surface area contributed by atoms with Crippen molar-refractivity contribution in [2.24, 2.45) is 0 Å². The summed E-state index contributed by atoms with van der Waals surface area (Å²) in [6, 6.07) is 0. The van der Waals surface area contributed by atoms with Gasteiger partial charge in [0.05, 0.1) is 0 Å². The molecule has 0 aromatic carbocycles. The first-order valence-corrected chi connectivity index (χ1v) is 19.2. The molecular weight excluding hydrogens is 516 g/mol. The zero-order valence-corrected chi connectivity index (χ0v) is 28.5. The van der Waals surface area contributed by atoms with Crippen LogP contribution in [0.5, 0.6) is 0 Å². The summed E-state index contributed by atoms with van der Waals surface area (Å²) in [5.41, 5.74) is 0. The highest BCUT2D eigenvalue weighted by Crippen LogP contribution is 2.11. The van der Waals surface area contributed by atoms with Crippen molar-refractivity contribution in [1.29, 1.82) is 0 Å². The number of hydrogen-bond donors (Lipinski definition) is 6. The molecule has 0 amide bonds. The van der Waals surface area contributed by atoms with Crippen LogP contribution in [-0.2, 0) is 0 Å². The zero-order chi connectivity index (χ0) is 29.7. The Bertz CT molecular complexity index is 251. The van der Waals surface area contributed by atoms with Gasteiger partial charge >= 0.3 is 0 Å². The fourth-order valence-electron chi connectivity index (χ4n) is 5.93. The predicted octanol–water partition coefficient (Wildman–Crippen LogP) is 6.90. The molecule has 1 saturated heterocycles. The van der Waals surface area contributed by atoms with Gasteiger partial charge < -0.3 is 31.9 Å². The minimum Gasteiger partial charge on any atom is -0.317 e. The van der Waals surface area contributed by atoms with Gasteiger partial charge in [-0.05, 0) is 130 Å². The maximum Gasteiger partial charge on any atom is -0.00368 e. The average molecular weight is 595 g/mol. The van der Waals surface area contributed by atoms with E-state index in [1.165, 1.54) is 180 Å². The van der Waals surface area contributed by atoms with Gasteiger partial charge in [0.25, 0.3) is 0 Å². The summed E-state index contributed by atoms with van der Waals surface area (Å²) in [4.78, 5) is 0. The largest absolute Gasteiger partial charge is 0.317 e. The topological polar surface area (TPSA) is 72.2 Å². The van der Waals surface area contributed by atoms with Gasteiger partial charge in [0.1, 0.15) is 0 Å². The lowest BCUT2D eigenvalue weighted by Gasteiger charge is -2.08. The van der Waals surface area contributed by atoms with E-state index in [0.29, 0.717) is 0 Å². The van der Waals surface area contributed by atoms with E-state index >= 15 is 0 Å². The number of hydrogen-bond acceptors (Lipinski definition) is 6. The molecule has 252 valence electrons. The van der Waals surface area contributed by atoms with Crippen molar-refractivity contribution in [3.63, 3.8) is 0 Å². The summed E-state index contributed by atoms with van der Waals surface area (Å²) in [5.74, 6) is 0. The van der Waals surface area contributed by atoms with Gasteiger partial charge in [-0.15, -0.1) is 0 Å². The second-order valence-electron chi connectivity index (χ2n) is 13.0. The van der Waals surface area contributed by atoms with Crippen LogP contribution in [0, 0.1) is 0 Å². The lowest BCUT2D eigenvalue weighted by Crippen LogP contribution is -2.26. The molecule has 1 rings (SSSR count). The summed E-state index contributed by atoms with van der Waals surface area (Å²) < 4.78 is 0. The van der Waals surface area contributed by atoms with Gasteiger partial charge in [-0.3, -0.25) is 0 Å². The standard InChI is InChI=1S/C36H78N6/c1-2-6-10-14-18-26-38-30-22-34-42-36-24-32-40-28-20-16-12-8-4-3-7-11-15-19-27-39-31-23-35-41-33-21-29-37-25-17-13-9-5-1/h37-42H,1-36H2. The lowest BCUT2D eigenvalue weighted by atomic mass is 10.1. The van der Waals surface area contributed by atoms with Crippen molar-refractivity contribution in [2.45, 2.75) is 154 Å². The van der Waals surface area contributed by atoms with Crippen LogP contribution in [-0.4, -0.2) is 78.5 Å². The van der Waals surface area contributed by atoms with Crippen LogP contribution < -0.4 is 31.9 Å². The van der Waals surface area contributed by atoms with E-state index in [9.17, 15) is 0 Å². The second kappa shape index (κ2) is 36.9. The van der Waals surface area contributed by atoms with Crippen LogP contribution in [0.25, 0.3) is 0 Å². The van der Waals surface area contributed by atoms with Crippen molar-refractivity contribution in [1.82, 2.24) is 31.9 Å². The van der Waals surface area contributed by atoms with Gasteiger partial charge in [-0.1, -0.05) is 103 Å².